The lowest BCUT2D eigenvalue weighted by molar-refractivity contribution is -0.385. The zero-order valence-corrected chi connectivity index (χ0v) is 12.7. The van der Waals surface area contributed by atoms with Gasteiger partial charge in [0.1, 0.15) is 12.0 Å². The van der Waals surface area contributed by atoms with E-state index in [0.717, 1.165) is 18.7 Å². The summed E-state index contributed by atoms with van der Waals surface area (Å²) in [4.78, 5) is 16.6. The number of nitro groups is 1. The number of halogens is 1. The Morgan fingerprint density at radius 3 is 2.95 bits per heavy atom. The molecule has 108 valence electrons. The van der Waals surface area contributed by atoms with Gasteiger partial charge in [-0.2, -0.15) is 0 Å². The SMILES string of the molecule is Nc1cccc2c1CCN(c1ncc([N+](=O)[O-])cc1Br)C2. The summed E-state index contributed by atoms with van der Waals surface area (Å²) in [5.74, 6) is 0.716. The largest absolute Gasteiger partial charge is 0.398 e. The van der Waals surface area contributed by atoms with Gasteiger partial charge in [0, 0.05) is 24.8 Å². The van der Waals surface area contributed by atoms with E-state index in [0.29, 0.717) is 16.8 Å². The van der Waals surface area contributed by atoms with Crippen LogP contribution < -0.4 is 10.6 Å². The van der Waals surface area contributed by atoms with Gasteiger partial charge in [0.15, 0.2) is 0 Å². The summed E-state index contributed by atoms with van der Waals surface area (Å²) >= 11 is 3.37. The lowest BCUT2D eigenvalue weighted by Gasteiger charge is -2.31. The zero-order chi connectivity index (χ0) is 15.0. The van der Waals surface area contributed by atoms with Crippen molar-refractivity contribution in [3.05, 3.63) is 56.2 Å². The molecule has 0 amide bonds. The molecule has 6 nitrogen and oxygen atoms in total. The van der Waals surface area contributed by atoms with E-state index in [1.807, 2.05) is 12.1 Å². The van der Waals surface area contributed by atoms with Crippen molar-refractivity contribution in [2.24, 2.45) is 0 Å². The molecule has 0 spiro atoms. The predicted octanol–water partition coefficient (Wildman–Crippen LogP) is 2.90. The van der Waals surface area contributed by atoms with Crippen molar-refractivity contribution in [1.29, 1.82) is 0 Å². The molecule has 0 bridgehead atoms. The molecule has 1 aromatic heterocycles. The number of nitrogens with two attached hydrogens (primary N) is 1. The number of hydrogen-bond acceptors (Lipinski definition) is 5. The molecule has 1 aliphatic rings. The van der Waals surface area contributed by atoms with Crippen LogP contribution in [0.3, 0.4) is 0 Å². The number of nitrogens with zero attached hydrogens (tertiary/aromatic N) is 3. The van der Waals surface area contributed by atoms with Crippen LogP contribution in [0.4, 0.5) is 17.2 Å². The van der Waals surface area contributed by atoms with Gasteiger partial charge in [-0.15, -0.1) is 0 Å². The topological polar surface area (TPSA) is 85.3 Å². The molecule has 0 unspecified atom stereocenters. The van der Waals surface area contributed by atoms with Crippen LogP contribution in [0.25, 0.3) is 0 Å². The van der Waals surface area contributed by atoms with E-state index in [4.69, 9.17) is 5.73 Å². The van der Waals surface area contributed by atoms with Crippen LogP contribution in [0.15, 0.2) is 34.9 Å². The second kappa shape index (κ2) is 5.33. The number of rotatable bonds is 2. The molecule has 21 heavy (non-hydrogen) atoms. The van der Waals surface area contributed by atoms with E-state index < -0.39 is 4.92 Å². The molecule has 0 saturated carbocycles. The van der Waals surface area contributed by atoms with Crippen molar-refractivity contribution in [1.82, 2.24) is 4.98 Å². The van der Waals surface area contributed by atoms with Gasteiger partial charge in [-0.1, -0.05) is 12.1 Å². The van der Waals surface area contributed by atoms with Crippen LogP contribution in [-0.4, -0.2) is 16.5 Å². The van der Waals surface area contributed by atoms with Gasteiger partial charge in [-0.25, -0.2) is 4.98 Å². The Morgan fingerprint density at radius 1 is 1.43 bits per heavy atom. The third kappa shape index (κ3) is 2.56. The summed E-state index contributed by atoms with van der Waals surface area (Å²) in [6, 6.07) is 7.39. The molecule has 0 saturated heterocycles. The van der Waals surface area contributed by atoms with Gasteiger partial charge in [0.05, 0.1) is 9.40 Å². The number of fused-ring (bicyclic) bond motifs is 1. The smallest absolute Gasteiger partial charge is 0.288 e. The summed E-state index contributed by atoms with van der Waals surface area (Å²) in [6.07, 6.45) is 2.13. The summed E-state index contributed by atoms with van der Waals surface area (Å²) in [5, 5.41) is 10.8. The molecule has 2 aromatic rings. The number of hydrogen-bond donors (Lipinski definition) is 1. The molecule has 7 heteroatoms. The Hall–Kier alpha value is -2.15. The fourth-order valence-corrected chi connectivity index (χ4v) is 3.16. The third-order valence-electron chi connectivity index (χ3n) is 3.62. The molecule has 0 radical (unpaired) electrons. The second-order valence-electron chi connectivity index (χ2n) is 4.91. The van der Waals surface area contributed by atoms with Crippen molar-refractivity contribution < 1.29 is 4.92 Å². The van der Waals surface area contributed by atoms with E-state index in [2.05, 4.69) is 31.9 Å². The molecule has 1 aromatic carbocycles. The van der Waals surface area contributed by atoms with Gasteiger partial charge < -0.3 is 10.6 Å². The maximum atomic E-state index is 10.8. The van der Waals surface area contributed by atoms with Crippen LogP contribution in [0.5, 0.6) is 0 Å². The summed E-state index contributed by atoms with van der Waals surface area (Å²) in [6.45, 7) is 1.48. The first-order valence-electron chi connectivity index (χ1n) is 6.47. The van der Waals surface area contributed by atoms with Crippen molar-refractivity contribution in [3.63, 3.8) is 0 Å². The first-order valence-corrected chi connectivity index (χ1v) is 7.26. The lowest BCUT2D eigenvalue weighted by atomic mass is 9.98. The molecule has 0 aliphatic carbocycles. The fraction of sp³-hybridized carbons (Fsp3) is 0.214. The van der Waals surface area contributed by atoms with Crippen LogP contribution in [0.1, 0.15) is 11.1 Å². The average Bonchev–Trinajstić information content (AvgIpc) is 2.47. The molecule has 1 aliphatic heterocycles. The van der Waals surface area contributed by atoms with Crippen LogP contribution in [-0.2, 0) is 13.0 Å². The highest BCUT2D eigenvalue weighted by atomic mass is 79.9. The van der Waals surface area contributed by atoms with Crippen molar-refractivity contribution in [3.8, 4) is 0 Å². The normalized spacial score (nSPS) is 13.9. The standard InChI is InChI=1S/C14H13BrN4O2/c15-12-6-10(19(20)21)7-17-14(12)18-5-4-11-9(8-18)2-1-3-13(11)16/h1-3,6-7H,4-5,8,16H2. The van der Waals surface area contributed by atoms with Gasteiger partial charge in [0.2, 0.25) is 0 Å². The highest BCUT2D eigenvalue weighted by Crippen LogP contribution is 2.32. The quantitative estimate of drug-likeness (QED) is 0.512. The number of pyridine rings is 1. The second-order valence-corrected chi connectivity index (χ2v) is 5.77. The summed E-state index contributed by atoms with van der Waals surface area (Å²) < 4.78 is 0.629. The third-order valence-corrected chi connectivity index (χ3v) is 4.20. The Morgan fingerprint density at radius 2 is 2.24 bits per heavy atom. The van der Waals surface area contributed by atoms with Gasteiger partial charge in [-0.3, -0.25) is 10.1 Å². The van der Waals surface area contributed by atoms with E-state index >= 15 is 0 Å². The minimum atomic E-state index is -0.451. The Kier molecular flexibility index (Phi) is 3.50. The van der Waals surface area contributed by atoms with Crippen LogP contribution in [0.2, 0.25) is 0 Å². The summed E-state index contributed by atoms with van der Waals surface area (Å²) in [5.41, 5.74) is 9.15. The Bertz CT molecular complexity index is 720. The van der Waals surface area contributed by atoms with Crippen molar-refractivity contribution in [2.75, 3.05) is 17.2 Å². The van der Waals surface area contributed by atoms with Gasteiger partial charge in [-0.05, 0) is 39.5 Å². The fourth-order valence-electron chi connectivity index (χ4n) is 2.57. The highest BCUT2D eigenvalue weighted by Gasteiger charge is 2.21. The Labute approximate surface area is 129 Å². The average molecular weight is 349 g/mol. The maximum Gasteiger partial charge on any atom is 0.288 e. The molecule has 0 fully saturated rings. The van der Waals surface area contributed by atoms with E-state index in [1.54, 1.807) is 0 Å². The number of anilines is 2. The zero-order valence-electron chi connectivity index (χ0n) is 11.1. The van der Waals surface area contributed by atoms with Crippen molar-refractivity contribution >= 4 is 33.1 Å². The Balaban J connectivity index is 1.91. The molecular weight excluding hydrogens is 336 g/mol. The minimum absolute atomic E-state index is 0.0210. The lowest BCUT2D eigenvalue weighted by Crippen LogP contribution is -2.31. The number of nitrogen functional groups attached to an aromatic ring is 1. The van der Waals surface area contributed by atoms with Gasteiger partial charge in [0.25, 0.3) is 5.69 Å². The predicted molar refractivity (Wildman–Crippen MR) is 84.2 cm³/mol. The molecule has 0 atom stereocenters. The number of benzene rings is 1. The van der Waals surface area contributed by atoms with Crippen molar-refractivity contribution in [2.45, 2.75) is 13.0 Å². The number of aromatic nitrogens is 1. The van der Waals surface area contributed by atoms with E-state index in [1.165, 1.54) is 23.4 Å². The van der Waals surface area contributed by atoms with E-state index in [-0.39, 0.29) is 5.69 Å². The maximum absolute atomic E-state index is 10.8. The highest BCUT2D eigenvalue weighted by molar-refractivity contribution is 9.10. The molecule has 2 N–H and O–H groups in total. The molecule has 3 rings (SSSR count). The monoisotopic (exact) mass is 348 g/mol. The first kappa shape index (κ1) is 13.8. The first-order chi connectivity index (χ1) is 10.1. The summed E-state index contributed by atoms with van der Waals surface area (Å²) in [7, 11) is 0. The van der Waals surface area contributed by atoms with Crippen LogP contribution >= 0.6 is 15.9 Å². The molecular formula is C14H13BrN4O2. The minimum Gasteiger partial charge on any atom is -0.398 e. The van der Waals surface area contributed by atoms with E-state index in [9.17, 15) is 10.1 Å². The van der Waals surface area contributed by atoms with Gasteiger partial charge >= 0.3 is 0 Å². The molecule has 2 heterocycles. The van der Waals surface area contributed by atoms with Crippen LogP contribution in [0, 0.1) is 10.1 Å².